The summed E-state index contributed by atoms with van der Waals surface area (Å²) in [5.41, 5.74) is 8.76. The lowest BCUT2D eigenvalue weighted by Crippen LogP contribution is -2.28. The molecular formula is C28H20N8O. The third kappa shape index (κ3) is 4.33. The summed E-state index contributed by atoms with van der Waals surface area (Å²) in [4.78, 5) is 27.1. The number of nitrogens with two attached hydrogens (primary N) is 1. The summed E-state index contributed by atoms with van der Waals surface area (Å²) >= 11 is 0. The summed E-state index contributed by atoms with van der Waals surface area (Å²) in [7, 11) is 0. The lowest BCUT2D eigenvalue weighted by atomic mass is 9.99. The van der Waals surface area contributed by atoms with Crippen molar-refractivity contribution in [2.75, 3.05) is 11.1 Å². The zero-order valence-electron chi connectivity index (χ0n) is 19.8. The predicted molar refractivity (Wildman–Crippen MR) is 141 cm³/mol. The Bertz CT molecular complexity index is 1780. The highest BCUT2D eigenvalue weighted by atomic mass is 16.1. The van der Waals surface area contributed by atoms with Crippen LogP contribution in [0.4, 0.5) is 11.8 Å². The summed E-state index contributed by atoms with van der Waals surface area (Å²) in [6.07, 6.45) is 1.34. The van der Waals surface area contributed by atoms with Crippen LogP contribution < -0.4 is 16.6 Å². The number of nitrogens with one attached hydrogen (secondary N) is 1. The first-order chi connectivity index (χ1) is 18.0. The molecule has 2 aromatic heterocycles. The fourth-order valence-electron chi connectivity index (χ4n) is 4.22. The molecular weight excluding hydrogens is 464 g/mol. The van der Waals surface area contributed by atoms with Crippen molar-refractivity contribution in [1.82, 2.24) is 19.5 Å². The first-order valence-electron chi connectivity index (χ1n) is 11.4. The van der Waals surface area contributed by atoms with Crippen LogP contribution in [0.1, 0.15) is 29.9 Å². The van der Waals surface area contributed by atoms with Crippen molar-refractivity contribution in [2.24, 2.45) is 0 Å². The fraction of sp³-hybridized carbons (Fsp3) is 0.0714. The predicted octanol–water partition coefficient (Wildman–Crippen LogP) is 4.34. The van der Waals surface area contributed by atoms with Gasteiger partial charge in [0.05, 0.1) is 40.5 Å². The molecule has 0 saturated carbocycles. The monoisotopic (exact) mass is 484 g/mol. The van der Waals surface area contributed by atoms with Crippen LogP contribution in [-0.4, -0.2) is 19.5 Å². The maximum atomic E-state index is 14.2. The minimum absolute atomic E-state index is 0.0184. The van der Waals surface area contributed by atoms with Crippen molar-refractivity contribution in [1.29, 1.82) is 10.5 Å². The lowest BCUT2D eigenvalue weighted by molar-refractivity contribution is 0.731. The SMILES string of the molecule is C[C@H](Nc1nc(N)ncc1C#N)c1nc2cccc(-c3cccc(C#N)c3)c2c(=O)n1-c1ccccc1. The number of rotatable bonds is 5. The molecule has 178 valence electrons. The van der Waals surface area contributed by atoms with Crippen LogP contribution in [0.25, 0.3) is 27.7 Å². The Morgan fingerprint density at radius 2 is 1.76 bits per heavy atom. The number of para-hydroxylation sites is 1. The van der Waals surface area contributed by atoms with Gasteiger partial charge in [0, 0.05) is 0 Å². The lowest BCUT2D eigenvalue weighted by Gasteiger charge is -2.21. The molecule has 0 saturated heterocycles. The molecule has 5 aromatic rings. The van der Waals surface area contributed by atoms with E-state index in [0.29, 0.717) is 33.5 Å². The molecule has 0 amide bonds. The molecule has 5 rings (SSSR count). The number of fused-ring (bicyclic) bond motifs is 1. The summed E-state index contributed by atoms with van der Waals surface area (Å²) < 4.78 is 1.55. The molecule has 9 heteroatoms. The Morgan fingerprint density at radius 3 is 2.51 bits per heavy atom. The van der Waals surface area contributed by atoms with Crippen LogP contribution in [-0.2, 0) is 0 Å². The quantitative estimate of drug-likeness (QED) is 0.374. The van der Waals surface area contributed by atoms with Crippen LogP contribution in [0.3, 0.4) is 0 Å². The van der Waals surface area contributed by atoms with Crippen LogP contribution in [0.15, 0.2) is 83.8 Å². The second kappa shape index (κ2) is 9.61. The normalized spacial score (nSPS) is 11.4. The highest BCUT2D eigenvalue weighted by Crippen LogP contribution is 2.29. The van der Waals surface area contributed by atoms with Crippen LogP contribution in [0, 0.1) is 22.7 Å². The number of nitriles is 2. The van der Waals surface area contributed by atoms with Crippen LogP contribution in [0.2, 0.25) is 0 Å². The average molecular weight is 485 g/mol. The van der Waals surface area contributed by atoms with Crippen LogP contribution in [0.5, 0.6) is 0 Å². The Hall–Kier alpha value is -5.54. The number of hydrogen-bond donors (Lipinski definition) is 2. The number of hydrogen-bond acceptors (Lipinski definition) is 8. The molecule has 2 heterocycles. The van der Waals surface area contributed by atoms with E-state index < -0.39 is 6.04 Å². The highest BCUT2D eigenvalue weighted by Gasteiger charge is 2.21. The van der Waals surface area contributed by atoms with Gasteiger partial charge in [0.1, 0.15) is 23.3 Å². The van der Waals surface area contributed by atoms with E-state index in [4.69, 9.17) is 10.7 Å². The smallest absolute Gasteiger partial charge is 0.266 e. The van der Waals surface area contributed by atoms with E-state index in [1.165, 1.54) is 6.20 Å². The third-order valence-corrected chi connectivity index (χ3v) is 5.91. The summed E-state index contributed by atoms with van der Waals surface area (Å²) in [6, 6.07) is 25.4. The largest absolute Gasteiger partial charge is 0.368 e. The maximum Gasteiger partial charge on any atom is 0.266 e. The molecule has 0 fully saturated rings. The van der Waals surface area contributed by atoms with Gasteiger partial charge in [-0.25, -0.2) is 9.97 Å². The van der Waals surface area contributed by atoms with Crippen molar-refractivity contribution < 1.29 is 0 Å². The molecule has 1 atom stereocenters. The molecule has 0 aliphatic carbocycles. The van der Waals surface area contributed by atoms with Gasteiger partial charge < -0.3 is 11.1 Å². The van der Waals surface area contributed by atoms with E-state index in [-0.39, 0.29) is 22.9 Å². The highest BCUT2D eigenvalue weighted by molar-refractivity contribution is 5.94. The first kappa shape index (κ1) is 23.2. The molecule has 3 aromatic carbocycles. The van der Waals surface area contributed by atoms with Crippen molar-refractivity contribution in [3.63, 3.8) is 0 Å². The van der Waals surface area contributed by atoms with E-state index in [1.807, 2.05) is 61.5 Å². The van der Waals surface area contributed by atoms with Crippen LogP contribution >= 0.6 is 0 Å². The van der Waals surface area contributed by atoms with E-state index in [2.05, 4.69) is 21.4 Å². The standard InChI is InChI=1S/C28H20N8O/c1-17(33-25-20(15-30)16-32-28(31)35-25)26-34-23-12-6-11-22(19-8-5-7-18(13-19)14-29)24(23)27(37)36(26)21-9-3-2-4-10-21/h2-13,16-17H,1H3,(H3,31,32,33,35)/t17-/m0/s1. The number of nitrogen functional groups attached to an aromatic ring is 1. The van der Waals surface area contributed by atoms with Crippen molar-refractivity contribution in [2.45, 2.75) is 13.0 Å². The number of nitrogens with zero attached hydrogens (tertiary/aromatic N) is 6. The zero-order valence-corrected chi connectivity index (χ0v) is 19.8. The molecule has 0 radical (unpaired) electrons. The molecule has 3 N–H and O–H groups in total. The van der Waals surface area contributed by atoms with E-state index >= 15 is 0 Å². The molecule has 0 unspecified atom stereocenters. The van der Waals surface area contributed by atoms with Gasteiger partial charge in [0.25, 0.3) is 5.56 Å². The molecule has 0 aliphatic heterocycles. The van der Waals surface area contributed by atoms with E-state index in [0.717, 1.165) is 5.56 Å². The number of aromatic nitrogens is 4. The third-order valence-electron chi connectivity index (χ3n) is 5.91. The van der Waals surface area contributed by atoms with E-state index in [9.17, 15) is 15.3 Å². The summed E-state index contributed by atoms with van der Waals surface area (Å²) in [5.74, 6) is 0.691. The fourth-order valence-corrected chi connectivity index (χ4v) is 4.22. The Kier molecular flexibility index (Phi) is 6.03. The van der Waals surface area contributed by atoms with Crippen molar-refractivity contribution in [3.05, 3.63) is 106 Å². The maximum absolute atomic E-state index is 14.2. The summed E-state index contributed by atoms with van der Waals surface area (Å²) in [5, 5.41) is 22.5. The molecule has 0 bridgehead atoms. The van der Waals surface area contributed by atoms with Gasteiger partial charge in [-0.05, 0) is 48.4 Å². The number of benzene rings is 3. The molecule has 0 spiro atoms. The van der Waals surface area contributed by atoms with E-state index in [1.54, 1.807) is 28.8 Å². The Labute approximate surface area is 212 Å². The minimum atomic E-state index is -0.538. The molecule has 37 heavy (non-hydrogen) atoms. The molecule has 9 nitrogen and oxygen atoms in total. The van der Waals surface area contributed by atoms with Gasteiger partial charge in [0.15, 0.2) is 0 Å². The minimum Gasteiger partial charge on any atom is -0.368 e. The second-order valence-corrected chi connectivity index (χ2v) is 8.31. The Balaban J connectivity index is 1.75. The first-order valence-corrected chi connectivity index (χ1v) is 11.4. The van der Waals surface area contributed by atoms with Crippen molar-refractivity contribution >= 4 is 22.7 Å². The van der Waals surface area contributed by atoms with Gasteiger partial charge in [-0.1, -0.05) is 42.5 Å². The Morgan fingerprint density at radius 1 is 0.973 bits per heavy atom. The van der Waals surface area contributed by atoms with Gasteiger partial charge in [-0.2, -0.15) is 15.5 Å². The van der Waals surface area contributed by atoms with Gasteiger partial charge in [-0.3, -0.25) is 9.36 Å². The average Bonchev–Trinajstić information content (AvgIpc) is 2.93. The molecule has 0 aliphatic rings. The van der Waals surface area contributed by atoms with Gasteiger partial charge in [0.2, 0.25) is 5.95 Å². The zero-order chi connectivity index (χ0) is 25.9. The summed E-state index contributed by atoms with van der Waals surface area (Å²) in [6.45, 7) is 1.83. The second-order valence-electron chi connectivity index (χ2n) is 8.31. The topological polar surface area (TPSA) is 146 Å². The van der Waals surface area contributed by atoms with Crippen molar-refractivity contribution in [3.8, 4) is 29.0 Å². The van der Waals surface area contributed by atoms with Gasteiger partial charge >= 0.3 is 0 Å². The number of anilines is 2. The van der Waals surface area contributed by atoms with Gasteiger partial charge in [-0.15, -0.1) is 0 Å².